The number of hydrogen-bond donors (Lipinski definition) is 3. The molecule has 0 heterocycles. The summed E-state index contributed by atoms with van der Waals surface area (Å²) in [6, 6.07) is 17.6. The Hall–Kier alpha value is -1.55. The Morgan fingerprint density at radius 2 is 1.81 bits per heavy atom. The van der Waals surface area contributed by atoms with E-state index in [1.54, 1.807) is 12.1 Å². The third-order valence-corrected chi connectivity index (χ3v) is 3.51. The monoisotopic (exact) mass is 304 g/mol. The van der Waals surface area contributed by atoms with Crippen LogP contribution in [0.25, 0.3) is 0 Å². The number of benzene rings is 2. The summed E-state index contributed by atoms with van der Waals surface area (Å²) in [6.07, 6.45) is -0.553. The Morgan fingerprint density at radius 1 is 1.05 bits per heavy atom. The summed E-state index contributed by atoms with van der Waals surface area (Å²) in [7, 11) is 0. The highest BCUT2D eigenvalue weighted by molar-refractivity contribution is 6.30. The van der Waals surface area contributed by atoms with E-state index in [0.29, 0.717) is 11.6 Å². The first kappa shape index (κ1) is 15.8. The largest absolute Gasteiger partial charge is 0.387 e. The molecule has 112 valence electrons. The van der Waals surface area contributed by atoms with Gasteiger partial charge in [-0.3, -0.25) is 0 Å². The standard InChI is InChI=1S/C17H21ClN2O/c1-13(11-20-16-8-3-2-4-9-16)19-12-17(21)14-6-5-7-15(18)10-14/h2-10,13,17,19-21H,11-12H2,1H3/t13-,17+/m1/s1. The van der Waals surface area contributed by atoms with Crippen LogP contribution in [-0.4, -0.2) is 24.2 Å². The molecule has 0 fully saturated rings. The van der Waals surface area contributed by atoms with Gasteiger partial charge in [0.1, 0.15) is 0 Å². The molecule has 2 aromatic carbocycles. The molecular formula is C17H21ClN2O. The van der Waals surface area contributed by atoms with Crippen molar-refractivity contribution in [3.05, 3.63) is 65.2 Å². The average molecular weight is 305 g/mol. The lowest BCUT2D eigenvalue weighted by Crippen LogP contribution is -2.35. The maximum atomic E-state index is 10.1. The summed E-state index contributed by atoms with van der Waals surface area (Å²) in [6.45, 7) is 3.38. The van der Waals surface area contributed by atoms with Crippen molar-refractivity contribution in [3.63, 3.8) is 0 Å². The number of nitrogens with one attached hydrogen (secondary N) is 2. The minimum absolute atomic E-state index is 0.249. The molecule has 0 radical (unpaired) electrons. The van der Waals surface area contributed by atoms with E-state index < -0.39 is 6.10 Å². The molecule has 4 heteroatoms. The molecule has 2 atom stereocenters. The lowest BCUT2D eigenvalue weighted by molar-refractivity contribution is 0.171. The molecule has 0 saturated carbocycles. The molecule has 0 saturated heterocycles. The van der Waals surface area contributed by atoms with Gasteiger partial charge in [0.25, 0.3) is 0 Å². The minimum Gasteiger partial charge on any atom is -0.387 e. The molecule has 0 aromatic heterocycles. The molecule has 0 amide bonds. The summed E-state index contributed by atoms with van der Waals surface area (Å²) in [5.74, 6) is 0. The van der Waals surface area contributed by atoms with Crippen LogP contribution in [0.3, 0.4) is 0 Å². The quantitative estimate of drug-likeness (QED) is 0.734. The van der Waals surface area contributed by atoms with Gasteiger partial charge in [0.2, 0.25) is 0 Å². The zero-order valence-electron chi connectivity index (χ0n) is 12.1. The van der Waals surface area contributed by atoms with Gasteiger partial charge in [0.05, 0.1) is 6.10 Å². The fourth-order valence-corrected chi connectivity index (χ4v) is 2.24. The van der Waals surface area contributed by atoms with Crippen LogP contribution in [0.1, 0.15) is 18.6 Å². The van der Waals surface area contributed by atoms with Crippen LogP contribution in [0.2, 0.25) is 5.02 Å². The molecule has 0 spiro atoms. The summed E-state index contributed by atoms with van der Waals surface area (Å²) < 4.78 is 0. The van der Waals surface area contributed by atoms with Crippen molar-refractivity contribution in [3.8, 4) is 0 Å². The van der Waals surface area contributed by atoms with Crippen LogP contribution >= 0.6 is 11.6 Å². The molecule has 3 N–H and O–H groups in total. The molecule has 0 aliphatic rings. The number of anilines is 1. The Kier molecular flexibility index (Phi) is 6.05. The van der Waals surface area contributed by atoms with Crippen LogP contribution in [0.4, 0.5) is 5.69 Å². The van der Waals surface area contributed by atoms with E-state index in [4.69, 9.17) is 11.6 Å². The number of halogens is 1. The first-order valence-electron chi connectivity index (χ1n) is 7.11. The number of aliphatic hydroxyl groups excluding tert-OH is 1. The lowest BCUT2D eigenvalue weighted by atomic mass is 10.1. The van der Waals surface area contributed by atoms with E-state index in [1.165, 1.54) is 0 Å². The summed E-state index contributed by atoms with van der Waals surface area (Å²) in [5.41, 5.74) is 1.93. The van der Waals surface area contributed by atoms with Crippen molar-refractivity contribution in [2.75, 3.05) is 18.4 Å². The highest BCUT2D eigenvalue weighted by atomic mass is 35.5. The second-order valence-corrected chi connectivity index (χ2v) is 5.56. The number of rotatable bonds is 7. The van der Waals surface area contributed by atoms with Crippen molar-refractivity contribution in [1.82, 2.24) is 5.32 Å². The van der Waals surface area contributed by atoms with Gasteiger partial charge >= 0.3 is 0 Å². The van der Waals surface area contributed by atoms with Gasteiger partial charge in [-0.15, -0.1) is 0 Å². The lowest BCUT2D eigenvalue weighted by Gasteiger charge is -2.18. The SMILES string of the molecule is C[C@H](CNc1ccccc1)NC[C@H](O)c1cccc(Cl)c1. The molecule has 0 unspecified atom stereocenters. The number of para-hydroxylation sites is 1. The molecule has 0 aliphatic carbocycles. The second kappa shape index (κ2) is 8.03. The summed E-state index contributed by atoms with van der Waals surface area (Å²) >= 11 is 5.93. The topological polar surface area (TPSA) is 44.3 Å². The highest BCUT2D eigenvalue weighted by Crippen LogP contribution is 2.17. The maximum absolute atomic E-state index is 10.1. The smallest absolute Gasteiger partial charge is 0.0915 e. The molecule has 21 heavy (non-hydrogen) atoms. The minimum atomic E-state index is -0.553. The van der Waals surface area contributed by atoms with Crippen LogP contribution < -0.4 is 10.6 Å². The van der Waals surface area contributed by atoms with Gasteiger partial charge in [-0.2, -0.15) is 0 Å². The van der Waals surface area contributed by atoms with E-state index >= 15 is 0 Å². The molecule has 2 rings (SSSR count). The van der Waals surface area contributed by atoms with Gasteiger partial charge in [0, 0.05) is 29.8 Å². The third kappa shape index (κ3) is 5.38. The third-order valence-electron chi connectivity index (χ3n) is 3.28. The van der Waals surface area contributed by atoms with E-state index in [-0.39, 0.29) is 6.04 Å². The normalized spacial score (nSPS) is 13.7. The predicted octanol–water partition coefficient (Wildman–Crippen LogP) is 3.46. The first-order valence-corrected chi connectivity index (χ1v) is 7.49. The Bertz CT molecular complexity index is 547. The van der Waals surface area contributed by atoms with Crippen molar-refractivity contribution in [1.29, 1.82) is 0 Å². The second-order valence-electron chi connectivity index (χ2n) is 5.13. The maximum Gasteiger partial charge on any atom is 0.0915 e. The highest BCUT2D eigenvalue weighted by Gasteiger charge is 2.09. The number of hydrogen-bond acceptors (Lipinski definition) is 3. The van der Waals surface area contributed by atoms with Crippen molar-refractivity contribution in [2.45, 2.75) is 19.1 Å². The van der Waals surface area contributed by atoms with E-state index in [1.807, 2.05) is 42.5 Å². The van der Waals surface area contributed by atoms with Gasteiger partial charge in [-0.25, -0.2) is 0 Å². The molecule has 0 bridgehead atoms. The molecule has 2 aromatic rings. The van der Waals surface area contributed by atoms with E-state index in [2.05, 4.69) is 17.6 Å². The first-order chi connectivity index (χ1) is 10.1. The van der Waals surface area contributed by atoms with Crippen LogP contribution in [0.15, 0.2) is 54.6 Å². The zero-order valence-corrected chi connectivity index (χ0v) is 12.8. The Labute approximate surface area is 131 Å². The fraction of sp³-hybridized carbons (Fsp3) is 0.294. The van der Waals surface area contributed by atoms with Gasteiger partial charge in [0.15, 0.2) is 0 Å². The van der Waals surface area contributed by atoms with Crippen LogP contribution in [0, 0.1) is 0 Å². The van der Waals surface area contributed by atoms with Crippen LogP contribution in [0.5, 0.6) is 0 Å². The summed E-state index contributed by atoms with van der Waals surface area (Å²) in [5, 5.41) is 17.4. The Balaban J connectivity index is 1.74. The molecular weight excluding hydrogens is 284 g/mol. The fourth-order valence-electron chi connectivity index (χ4n) is 2.04. The zero-order chi connectivity index (χ0) is 15.1. The number of aliphatic hydroxyl groups is 1. The molecule has 0 aliphatic heterocycles. The summed E-state index contributed by atoms with van der Waals surface area (Å²) in [4.78, 5) is 0. The van der Waals surface area contributed by atoms with Gasteiger partial charge in [-0.05, 0) is 36.8 Å². The van der Waals surface area contributed by atoms with Crippen molar-refractivity contribution in [2.24, 2.45) is 0 Å². The van der Waals surface area contributed by atoms with E-state index in [0.717, 1.165) is 17.8 Å². The van der Waals surface area contributed by atoms with E-state index in [9.17, 15) is 5.11 Å². The van der Waals surface area contributed by atoms with Crippen molar-refractivity contribution < 1.29 is 5.11 Å². The van der Waals surface area contributed by atoms with Gasteiger partial charge < -0.3 is 15.7 Å². The molecule has 3 nitrogen and oxygen atoms in total. The van der Waals surface area contributed by atoms with Crippen LogP contribution in [-0.2, 0) is 0 Å². The average Bonchev–Trinajstić information content (AvgIpc) is 2.51. The Morgan fingerprint density at radius 3 is 2.52 bits per heavy atom. The predicted molar refractivity (Wildman–Crippen MR) is 88.8 cm³/mol. The van der Waals surface area contributed by atoms with Gasteiger partial charge in [-0.1, -0.05) is 41.9 Å². The van der Waals surface area contributed by atoms with Crippen molar-refractivity contribution >= 4 is 17.3 Å².